The van der Waals surface area contributed by atoms with Gasteiger partial charge in [0.2, 0.25) is 0 Å². The van der Waals surface area contributed by atoms with Crippen LogP contribution >= 0.6 is 0 Å². The Balaban J connectivity index is 1.85. The van der Waals surface area contributed by atoms with Crippen molar-refractivity contribution in [1.29, 1.82) is 0 Å². The lowest BCUT2D eigenvalue weighted by Gasteiger charge is -2.37. The average molecular weight is 370 g/mol. The maximum Gasteiger partial charge on any atom is 0.307 e. The minimum absolute atomic E-state index is 0.159. The van der Waals surface area contributed by atoms with Crippen LogP contribution in [0.5, 0.6) is 11.5 Å². The summed E-state index contributed by atoms with van der Waals surface area (Å²) >= 11 is 0. The Kier molecular flexibility index (Phi) is 5.59. The number of carboxylic acids is 1. The zero-order valence-corrected chi connectivity index (χ0v) is 15.3. The molecule has 2 aromatic rings. The Morgan fingerprint density at radius 2 is 1.96 bits per heavy atom. The maximum atomic E-state index is 13.0. The van der Waals surface area contributed by atoms with Gasteiger partial charge in [-0.15, -0.1) is 0 Å². The van der Waals surface area contributed by atoms with Gasteiger partial charge in [0.05, 0.1) is 20.1 Å². The molecule has 2 unspecified atom stereocenters. The monoisotopic (exact) mass is 370 g/mol. The first-order chi connectivity index (χ1) is 13.0. The molecule has 3 rings (SSSR count). The smallest absolute Gasteiger partial charge is 0.307 e. The number of carbonyl (C=O) groups excluding carboxylic acids is 1. The number of pyridine rings is 1. The van der Waals surface area contributed by atoms with Crippen LogP contribution in [0.1, 0.15) is 28.3 Å². The van der Waals surface area contributed by atoms with Crippen molar-refractivity contribution in [3.05, 3.63) is 53.9 Å². The van der Waals surface area contributed by atoms with Gasteiger partial charge < -0.3 is 19.5 Å². The highest BCUT2D eigenvalue weighted by Crippen LogP contribution is 2.34. The number of aromatic nitrogens is 1. The van der Waals surface area contributed by atoms with E-state index in [1.807, 2.05) is 6.07 Å². The summed E-state index contributed by atoms with van der Waals surface area (Å²) in [6.45, 7) is 0.719. The summed E-state index contributed by atoms with van der Waals surface area (Å²) in [6, 6.07) is 8.66. The van der Waals surface area contributed by atoms with Gasteiger partial charge in [-0.25, -0.2) is 0 Å². The number of likely N-dealkylation sites (tertiary alicyclic amines) is 1. The van der Waals surface area contributed by atoms with E-state index in [4.69, 9.17) is 9.47 Å². The number of piperidine rings is 1. The summed E-state index contributed by atoms with van der Waals surface area (Å²) in [5.41, 5.74) is 1.31. The molecule has 1 saturated heterocycles. The van der Waals surface area contributed by atoms with Crippen LogP contribution in [0, 0.1) is 5.92 Å². The number of carbonyl (C=O) groups is 2. The molecule has 1 aromatic heterocycles. The fourth-order valence-electron chi connectivity index (χ4n) is 3.52. The van der Waals surface area contributed by atoms with Gasteiger partial charge in [-0.2, -0.15) is 0 Å². The second-order valence-corrected chi connectivity index (χ2v) is 6.45. The van der Waals surface area contributed by atoms with Crippen LogP contribution in [0.4, 0.5) is 0 Å². The van der Waals surface area contributed by atoms with Gasteiger partial charge in [-0.1, -0.05) is 6.07 Å². The third-order valence-electron chi connectivity index (χ3n) is 4.96. The van der Waals surface area contributed by atoms with Crippen molar-refractivity contribution in [1.82, 2.24) is 9.88 Å². The maximum absolute atomic E-state index is 13.0. The largest absolute Gasteiger partial charge is 0.493 e. The van der Waals surface area contributed by atoms with Gasteiger partial charge in [0, 0.05) is 37.0 Å². The SMILES string of the molecule is COc1ccc(C(=O)N2CCC(C(=O)O)C(c3cccnc3)C2)cc1OC. The highest BCUT2D eigenvalue weighted by molar-refractivity contribution is 5.95. The minimum Gasteiger partial charge on any atom is -0.493 e. The lowest BCUT2D eigenvalue weighted by atomic mass is 9.81. The molecule has 0 radical (unpaired) electrons. The topological polar surface area (TPSA) is 89.0 Å². The summed E-state index contributed by atoms with van der Waals surface area (Å²) in [5.74, 6) is -0.812. The molecule has 7 nitrogen and oxygen atoms in total. The van der Waals surface area contributed by atoms with E-state index in [1.54, 1.807) is 41.6 Å². The fourth-order valence-corrected chi connectivity index (χ4v) is 3.52. The number of rotatable bonds is 5. The Morgan fingerprint density at radius 1 is 1.19 bits per heavy atom. The number of hydrogen-bond donors (Lipinski definition) is 1. The van der Waals surface area contributed by atoms with Gasteiger partial charge in [-0.05, 0) is 36.2 Å². The van der Waals surface area contributed by atoms with E-state index in [0.717, 1.165) is 5.56 Å². The second-order valence-electron chi connectivity index (χ2n) is 6.45. The molecule has 2 heterocycles. The van der Waals surface area contributed by atoms with E-state index in [1.165, 1.54) is 14.2 Å². The van der Waals surface area contributed by atoms with Gasteiger partial charge in [0.25, 0.3) is 5.91 Å². The lowest BCUT2D eigenvalue weighted by molar-refractivity contribution is -0.144. The van der Waals surface area contributed by atoms with Crippen molar-refractivity contribution in [3.63, 3.8) is 0 Å². The van der Waals surface area contributed by atoms with Crippen molar-refractivity contribution >= 4 is 11.9 Å². The average Bonchev–Trinajstić information content (AvgIpc) is 2.72. The minimum atomic E-state index is -0.845. The number of amides is 1. The molecule has 1 aromatic carbocycles. The highest BCUT2D eigenvalue weighted by Gasteiger charge is 2.37. The quantitative estimate of drug-likeness (QED) is 0.870. The molecule has 1 amide bonds. The standard InChI is InChI=1S/C20H22N2O5/c1-26-17-6-5-13(10-18(17)27-2)19(23)22-9-7-15(20(24)25)16(12-22)14-4-3-8-21-11-14/h3-6,8,10-11,15-16H,7,9,12H2,1-2H3,(H,24,25). The third-order valence-corrected chi connectivity index (χ3v) is 4.96. The molecule has 0 aliphatic carbocycles. The number of benzene rings is 1. The van der Waals surface area contributed by atoms with Crippen molar-refractivity contribution in [2.24, 2.45) is 5.92 Å². The number of hydrogen-bond acceptors (Lipinski definition) is 5. The molecular weight excluding hydrogens is 348 g/mol. The van der Waals surface area contributed by atoms with E-state index < -0.39 is 11.9 Å². The van der Waals surface area contributed by atoms with Crippen molar-refractivity contribution in [3.8, 4) is 11.5 Å². The van der Waals surface area contributed by atoms with E-state index in [0.29, 0.717) is 36.6 Å². The normalized spacial score (nSPS) is 19.4. The molecular formula is C20H22N2O5. The molecule has 0 spiro atoms. The summed E-state index contributed by atoms with van der Waals surface area (Å²) in [7, 11) is 3.05. The van der Waals surface area contributed by atoms with Crippen LogP contribution in [0.3, 0.4) is 0 Å². The molecule has 142 valence electrons. The molecule has 0 saturated carbocycles. The van der Waals surface area contributed by atoms with E-state index in [2.05, 4.69) is 4.98 Å². The van der Waals surface area contributed by atoms with Crippen LogP contribution in [0.15, 0.2) is 42.7 Å². The van der Waals surface area contributed by atoms with Gasteiger partial charge >= 0.3 is 5.97 Å². The Bertz CT molecular complexity index is 824. The van der Waals surface area contributed by atoms with Crippen molar-refractivity contribution in [2.75, 3.05) is 27.3 Å². The molecule has 1 aliphatic rings. The summed E-state index contributed by atoms with van der Waals surface area (Å²) < 4.78 is 10.5. The van der Waals surface area contributed by atoms with Gasteiger partial charge in [0.1, 0.15) is 0 Å². The fraction of sp³-hybridized carbons (Fsp3) is 0.350. The molecule has 2 atom stereocenters. The molecule has 1 aliphatic heterocycles. The summed E-state index contributed by atoms with van der Waals surface area (Å²) in [5, 5.41) is 9.58. The molecule has 27 heavy (non-hydrogen) atoms. The second kappa shape index (κ2) is 8.07. The molecule has 7 heteroatoms. The molecule has 1 N–H and O–H groups in total. The van der Waals surface area contributed by atoms with Crippen LogP contribution in [0.25, 0.3) is 0 Å². The van der Waals surface area contributed by atoms with Crippen LogP contribution in [-0.2, 0) is 4.79 Å². The van der Waals surface area contributed by atoms with E-state index in [-0.39, 0.29) is 11.8 Å². The highest BCUT2D eigenvalue weighted by atomic mass is 16.5. The lowest BCUT2D eigenvalue weighted by Crippen LogP contribution is -2.44. The van der Waals surface area contributed by atoms with Crippen LogP contribution < -0.4 is 9.47 Å². The number of ether oxygens (including phenoxy) is 2. The first-order valence-corrected chi connectivity index (χ1v) is 8.69. The van der Waals surface area contributed by atoms with Gasteiger partial charge in [-0.3, -0.25) is 14.6 Å². The van der Waals surface area contributed by atoms with Crippen molar-refractivity contribution < 1.29 is 24.2 Å². The Labute approximate surface area is 157 Å². The van der Waals surface area contributed by atoms with Crippen molar-refractivity contribution in [2.45, 2.75) is 12.3 Å². The predicted molar refractivity (Wildman–Crippen MR) is 98.2 cm³/mol. The Hall–Kier alpha value is -3.09. The van der Waals surface area contributed by atoms with Crippen LogP contribution in [-0.4, -0.2) is 54.2 Å². The predicted octanol–water partition coefficient (Wildman–Crippen LogP) is 2.43. The first kappa shape index (κ1) is 18.7. The zero-order valence-electron chi connectivity index (χ0n) is 15.3. The van der Waals surface area contributed by atoms with Gasteiger partial charge in [0.15, 0.2) is 11.5 Å². The third kappa shape index (κ3) is 3.86. The number of nitrogens with zero attached hydrogens (tertiary/aromatic N) is 2. The number of methoxy groups -OCH3 is 2. The molecule has 1 fully saturated rings. The summed E-state index contributed by atoms with van der Waals surface area (Å²) in [6.07, 6.45) is 3.72. The zero-order chi connectivity index (χ0) is 19.4. The van der Waals surface area contributed by atoms with E-state index in [9.17, 15) is 14.7 Å². The first-order valence-electron chi connectivity index (χ1n) is 8.69. The number of carboxylic acid groups (broad SMARTS) is 1. The van der Waals surface area contributed by atoms with E-state index >= 15 is 0 Å². The number of aliphatic carboxylic acids is 1. The summed E-state index contributed by atoms with van der Waals surface area (Å²) in [4.78, 5) is 30.5. The molecule has 0 bridgehead atoms. The van der Waals surface area contributed by atoms with Crippen LogP contribution in [0.2, 0.25) is 0 Å². The Morgan fingerprint density at radius 3 is 2.59 bits per heavy atom.